The number of guanidine groups is 1. The molecule has 0 bridgehead atoms. The topological polar surface area (TPSA) is 106 Å². The van der Waals surface area contributed by atoms with Crippen molar-refractivity contribution >= 4 is 11.8 Å². The van der Waals surface area contributed by atoms with Crippen LogP contribution in [0.4, 0.5) is 5.82 Å². The molecule has 120 valence electrons. The van der Waals surface area contributed by atoms with Gasteiger partial charge in [0.05, 0.1) is 12.5 Å². The Hall–Kier alpha value is -1.60. The van der Waals surface area contributed by atoms with E-state index in [0.29, 0.717) is 5.82 Å². The largest absolute Gasteiger partial charge is 0.369 e. The second kappa shape index (κ2) is 11.1. The van der Waals surface area contributed by atoms with Gasteiger partial charge in [0.1, 0.15) is 5.82 Å². The number of aromatic nitrogens is 2. The normalized spacial score (nSPS) is 10.7. The van der Waals surface area contributed by atoms with Gasteiger partial charge in [-0.3, -0.25) is 5.41 Å². The number of H-pyrrole nitrogens is 1. The predicted octanol–water partition coefficient (Wildman–Crippen LogP) is 1.56. The van der Waals surface area contributed by atoms with Crippen molar-refractivity contribution in [3.63, 3.8) is 0 Å². The van der Waals surface area contributed by atoms with Gasteiger partial charge in [-0.2, -0.15) is 0 Å². The van der Waals surface area contributed by atoms with E-state index in [9.17, 15) is 0 Å². The zero-order valence-corrected chi connectivity index (χ0v) is 13.0. The third kappa shape index (κ3) is 7.67. The van der Waals surface area contributed by atoms with Crippen LogP contribution in [0, 0.1) is 5.41 Å². The van der Waals surface area contributed by atoms with Crippen LogP contribution in [-0.2, 0) is 0 Å². The highest BCUT2D eigenvalue weighted by Crippen LogP contribution is 2.04. The number of nitrogens with zero attached hydrogens (tertiary/aromatic N) is 2. The third-order valence-corrected chi connectivity index (χ3v) is 3.22. The van der Waals surface area contributed by atoms with Gasteiger partial charge in [0.2, 0.25) is 5.96 Å². The predicted molar refractivity (Wildman–Crippen MR) is 87.2 cm³/mol. The minimum Gasteiger partial charge on any atom is -0.369 e. The van der Waals surface area contributed by atoms with Crippen LogP contribution >= 0.6 is 0 Å². The molecule has 1 aromatic heterocycles. The molecule has 21 heavy (non-hydrogen) atoms. The third-order valence-electron chi connectivity index (χ3n) is 3.22. The highest BCUT2D eigenvalue weighted by Gasteiger charge is 2.09. The summed E-state index contributed by atoms with van der Waals surface area (Å²) in [6.45, 7) is 5.22. The second-order valence-electron chi connectivity index (χ2n) is 5.08. The molecule has 0 saturated heterocycles. The van der Waals surface area contributed by atoms with Crippen molar-refractivity contribution in [3.05, 3.63) is 12.5 Å². The van der Waals surface area contributed by atoms with E-state index in [2.05, 4.69) is 27.6 Å². The second-order valence-corrected chi connectivity index (χ2v) is 5.08. The maximum absolute atomic E-state index is 7.54. The first-order valence-corrected chi connectivity index (χ1v) is 7.82. The number of nitrogens with two attached hydrogens (primary N) is 1. The Morgan fingerprint density at radius 1 is 1.24 bits per heavy atom. The molecule has 0 spiro atoms. The molecule has 0 saturated carbocycles. The van der Waals surface area contributed by atoms with Crippen LogP contribution in [0.3, 0.4) is 0 Å². The van der Waals surface area contributed by atoms with Crippen molar-refractivity contribution in [1.82, 2.24) is 20.7 Å². The van der Waals surface area contributed by atoms with E-state index in [-0.39, 0.29) is 5.96 Å². The van der Waals surface area contributed by atoms with Crippen LogP contribution < -0.4 is 21.5 Å². The maximum Gasteiger partial charge on any atom is 0.209 e. The maximum atomic E-state index is 7.54. The fraction of sp³-hybridized carbons (Fsp3) is 0.714. The molecule has 0 aliphatic carbocycles. The smallest absolute Gasteiger partial charge is 0.209 e. The summed E-state index contributed by atoms with van der Waals surface area (Å²) in [7, 11) is 0. The van der Waals surface area contributed by atoms with Gasteiger partial charge in [-0.25, -0.2) is 15.4 Å². The quantitative estimate of drug-likeness (QED) is 0.174. The van der Waals surface area contributed by atoms with Crippen molar-refractivity contribution in [2.24, 2.45) is 5.73 Å². The monoisotopic (exact) mass is 295 g/mol. The van der Waals surface area contributed by atoms with Gasteiger partial charge in [0.15, 0.2) is 0 Å². The summed E-state index contributed by atoms with van der Waals surface area (Å²) in [4.78, 5) is 6.85. The number of rotatable bonds is 12. The average molecular weight is 295 g/mol. The minimum atomic E-state index is -0.0446. The average Bonchev–Trinajstić information content (AvgIpc) is 2.98. The molecular formula is C14H29N7. The molecule has 0 aromatic carbocycles. The lowest BCUT2D eigenvalue weighted by molar-refractivity contribution is 0.560. The molecule has 0 amide bonds. The van der Waals surface area contributed by atoms with Gasteiger partial charge < -0.3 is 16.0 Å². The molecular weight excluding hydrogens is 266 g/mol. The fourth-order valence-corrected chi connectivity index (χ4v) is 2.04. The van der Waals surface area contributed by atoms with Crippen LogP contribution in [0.1, 0.15) is 45.4 Å². The lowest BCUT2D eigenvalue weighted by atomic mass is 10.2. The number of aromatic amines is 1. The summed E-state index contributed by atoms with van der Waals surface area (Å²) in [5, 5.41) is 12.5. The number of nitrogens with one attached hydrogen (secondary N) is 4. The van der Waals surface area contributed by atoms with Crippen molar-refractivity contribution in [2.75, 3.05) is 24.6 Å². The SMILES string of the molecule is CCCCCNCCCCCNN(C(=N)N)c1cnc[nH]1. The Bertz CT molecular complexity index is 363. The lowest BCUT2D eigenvalue weighted by Gasteiger charge is -2.21. The van der Waals surface area contributed by atoms with Crippen molar-refractivity contribution in [3.8, 4) is 0 Å². The summed E-state index contributed by atoms with van der Waals surface area (Å²) in [5.41, 5.74) is 8.67. The number of hydrogen-bond acceptors (Lipinski definition) is 4. The number of hydrogen-bond donors (Lipinski definition) is 5. The molecule has 1 rings (SSSR count). The van der Waals surface area contributed by atoms with Crippen molar-refractivity contribution < 1.29 is 0 Å². The minimum absolute atomic E-state index is 0.0446. The molecule has 0 aliphatic heterocycles. The Balaban J connectivity index is 2.01. The van der Waals surface area contributed by atoms with E-state index >= 15 is 0 Å². The van der Waals surface area contributed by atoms with Gasteiger partial charge in [0.25, 0.3) is 0 Å². The zero-order valence-electron chi connectivity index (χ0n) is 13.0. The highest BCUT2D eigenvalue weighted by atomic mass is 15.6. The molecule has 1 heterocycles. The van der Waals surface area contributed by atoms with E-state index in [4.69, 9.17) is 11.1 Å². The molecule has 7 heteroatoms. The molecule has 6 N–H and O–H groups in total. The van der Waals surface area contributed by atoms with Gasteiger partial charge in [0, 0.05) is 6.54 Å². The standard InChI is InChI=1S/C14H29N7/c1-2-3-5-8-17-9-6-4-7-10-20-21(14(15)16)13-11-18-12-19-13/h11-12,17,20H,2-10H2,1H3,(H3,15,16)(H,18,19). The van der Waals surface area contributed by atoms with E-state index in [1.807, 2.05) is 0 Å². The first-order valence-electron chi connectivity index (χ1n) is 7.82. The van der Waals surface area contributed by atoms with Crippen molar-refractivity contribution in [2.45, 2.75) is 45.4 Å². The number of anilines is 1. The Labute approximate surface area is 127 Å². The van der Waals surface area contributed by atoms with Gasteiger partial charge in [-0.05, 0) is 32.4 Å². The van der Waals surface area contributed by atoms with E-state index in [1.54, 1.807) is 12.5 Å². The molecule has 0 fully saturated rings. The van der Waals surface area contributed by atoms with E-state index in [0.717, 1.165) is 32.5 Å². The summed E-state index contributed by atoms with van der Waals surface area (Å²) >= 11 is 0. The van der Waals surface area contributed by atoms with Crippen LogP contribution in [0.15, 0.2) is 12.5 Å². The molecule has 0 aliphatic rings. The van der Waals surface area contributed by atoms with Crippen LogP contribution in [-0.4, -0.2) is 35.6 Å². The Kier molecular flexibility index (Phi) is 9.23. The van der Waals surface area contributed by atoms with Crippen LogP contribution in [0.5, 0.6) is 0 Å². The number of unbranched alkanes of at least 4 members (excludes halogenated alkanes) is 4. The summed E-state index contributed by atoms with van der Waals surface area (Å²) in [6, 6.07) is 0. The summed E-state index contributed by atoms with van der Waals surface area (Å²) < 4.78 is 0. The first-order chi connectivity index (χ1) is 10.3. The Morgan fingerprint density at radius 2 is 1.95 bits per heavy atom. The number of imidazole rings is 1. The lowest BCUT2D eigenvalue weighted by Crippen LogP contribution is -2.47. The molecule has 7 nitrogen and oxygen atoms in total. The zero-order chi connectivity index (χ0) is 15.3. The summed E-state index contributed by atoms with van der Waals surface area (Å²) in [5.74, 6) is 0.636. The highest BCUT2D eigenvalue weighted by molar-refractivity contribution is 5.90. The van der Waals surface area contributed by atoms with E-state index in [1.165, 1.54) is 30.7 Å². The molecule has 1 aromatic rings. The molecule has 0 atom stereocenters. The Morgan fingerprint density at radius 3 is 2.57 bits per heavy atom. The fourth-order valence-electron chi connectivity index (χ4n) is 2.04. The van der Waals surface area contributed by atoms with Crippen molar-refractivity contribution in [1.29, 1.82) is 5.41 Å². The van der Waals surface area contributed by atoms with E-state index < -0.39 is 0 Å². The summed E-state index contributed by atoms with van der Waals surface area (Å²) in [6.07, 6.45) is 10.4. The van der Waals surface area contributed by atoms with Gasteiger partial charge >= 0.3 is 0 Å². The van der Waals surface area contributed by atoms with Gasteiger partial charge in [-0.1, -0.05) is 26.2 Å². The van der Waals surface area contributed by atoms with Gasteiger partial charge in [-0.15, -0.1) is 0 Å². The van der Waals surface area contributed by atoms with Crippen LogP contribution in [0.25, 0.3) is 0 Å². The number of hydrazine groups is 1. The molecule has 0 radical (unpaired) electrons. The molecule has 0 unspecified atom stereocenters. The first kappa shape index (κ1) is 17.5. The van der Waals surface area contributed by atoms with Crippen LogP contribution in [0.2, 0.25) is 0 Å².